The lowest BCUT2D eigenvalue weighted by molar-refractivity contribution is 0.102. The minimum absolute atomic E-state index is 0.0345. The molecule has 0 unspecified atom stereocenters. The first-order valence-corrected chi connectivity index (χ1v) is 7.74. The average molecular weight is 289 g/mol. The van der Waals surface area contributed by atoms with E-state index in [2.05, 4.69) is 39.4 Å². The third-order valence-electron chi connectivity index (χ3n) is 3.76. The van der Waals surface area contributed by atoms with Crippen molar-refractivity contribution in [3.05, 3.63) is 29.0 Å². The maximum Gasteiger partial charge on any atom is 0.113 e. The molecular formula is C14H19N5S. The SMILES string of the molecule is CC(C)(c1nc(-c2cnccn2)cs1)N1CCNCC1. The number of hydrogen-bond acceptors (Lipinski definition) is 6. The van der Waals surface area contributed by atoms with E-state index in [1.165, 1.54) is 0 Å². The molecule has 0 bridgehead atoms. The van der Waals surface area contributed by atoms with E-state index in [0.29, 0.717) is 0 Å². The monoisotopic (exact) mass is 289 g/mol. The van der Waals surface area contributed by atoms with Gasteiger partial charge < -0.3 is 5.32 Å². The summed E-state index contributed by atoms with van der Waals surface area (Å²) in [4.78, 5) is 15.7. The van der Waals surface area contributed by atoms with Crippen molar-refractivity contribution < 1.29 is 0 Å². The van der Waals surface area contributed by atoms with Gasteiger partial charge in [-0.25, -0.2) is 4.98 Å². The number of piperazine rings is 1. The normalized spacial score (nSPS) is 17.3. The summed E-state index contributed by atoms with van der Waals surface area (Å²) in [6.45, 7) is 8.72. The van der Waals surface area contributed by atoms with Crippen LogP contribution in [-0.2, 0) is 5.54 Å². The van der Waals surface area contributed by atoms with E-state index in [-0.39, 0.29) is 5.54 Å². The Morgan fingerprint density at radius 1 is 1.20 bits per heavy atom. The van der Waals surface area contributed by atoms with Crippen LogP contribution in [0.25, 0.3) is 11.4 Å². The highest BCUT2D eigenvalue weighted by atomic mass is 32.1. The molecule has 5 nitrogen and oxygen atoms in total. The molecule has 2 aromatic heterocycles. The van der Waals surface area contributed by atoms with Crippen LogP contribution in [0.2, 0.25) is 0 Å². The second-order valence-corrected chi connectivity index (χ2v) is 6.28. The van der Waals surface area contributed by atoms with Crippen molar-refractivity contribution >= 4 is 11.3 Å². The lowest BCUT2D eigenvalue weighted by Crippen LogP contribution is -2.51. The molecule has 0 atom stereocenters. The predicted molar refractivity (Wildman–Crippen MR) is 80.6 cm³/mol. The van der Waals surface area contributed by atoms with E-state index in [4.69, 9.17) is 4.98 Å². The van der Waals surface area contributed by atoms with Gasteiger partial charge in [0.05, 0.1) is 11.7 Å². The number of nitrogens with zero attached hydrogens (tertiary/aromatic N) is 4. The van der Waals surface area contributed by atoms with Crippen LogP contribution in [0.3, 0.4) is 0 Å². The molecule has 1 aliphatic heterocycles. The summed E-state index contributed by atoms with van der Waals surface area (Å²) in [7, 11) is 0. The standard InChI is InChI=1S/C14H19N5S/c1-14(2,19-7-5-15-6-8-19)13-18-12(10-20-13)11-9-16-3-4-17-11/h3-4,9-10,15H,5-8H2,1-2H3. The first-order chi connectivity index (χ1) is 9.68. The summed E-state index contributed by atoms with van der Waals surface area (Å²) in [6.07, 6.45) is 5.15. The van der Waals surface area contributed by atoms with Crippen LogP contribution in [0.1, 0.15) is 18.9 Å². The Bertz CT molecular complexity index is 560. The van der Waals surface area contributed by atoms with Crippen molar-refractivity contribution in [3.8, 4) is 11.4 Å². The molecule has 1 aliphatic rings. The van der Waals surface area contributed by atoms with Gasteiger partial charge in [-0.2, -0.15) is 0 Å². The van der Waals surface area contributed by atoms with Crippen LogP contribution in [-0.4, -0.2) is 46.0 Å². The fraction of sp³-hybridized carbons (Fsp3) is 0.500. The van der Waals surface area contributed by atoms with Crippen molar-refractivity contribution in [3.63, 3.8) is 0 Å². The van der Waals surface area contributed by atoms with Gasteiger partial charge in [0.1, 0.15) is 16.4 Å². The number of hydrogen-bond donors (Lipinski definition) is 1. The highest BCUT2D eigenvalue weighted by molar-refractivity contribution is 7.10. The Hall–Kier alpha value is -1.37. The van der Waals surface area contributed by atoms with E-state index in [1.54, 1.807) is 29.9 Å². The Labute approximate surface area is 123 Å². The predicted octanol–water partition coefficient (Wildman–Crippen LogP) is 1.74. The summed E-state index contributed by atoms with van der Waals surface area (Å²) in [5.41, 5.74) is 1.72. The van der Waals surface area contributed by atoms with Gasteiger partial charge in [-0.15, -0.1) is 11.3 Å². The van der Waals surface area contributed by atoms with E-state index < -0.39 is 0 Å². The summed E-state index contributed by atoms with van der Waals surface area (Å²) >= 11 is 1.70. The van der Waals surface area contributed by atoms with Gasteiger partial charge in [-0.1, -0.05) is 0 Å². The van der Waals surface area contributed by atoms with Gasteiger partial charge in [0.25, 0.3) is 0 Å². The molecular weight excluding hydrogens is 270 g/mol. The number of nitrogens with one attached hydrogen (secondary N) is 1. The van der Waals surface area contributed by atoms with E-state index in [0.717, 1.165) is 42.6 Å². The zero-order valence-electron chi connectivity index (χ0n) is 11.8. The van der Waals surface area contributed by atoms with Crippen molar-refractivity contribution in [1.82, 2.24) is 25.2 Å². The fourth-order valence-electron chi connectivity index (χ4n) is 2.46. The van der Waals surface area contributed by atoms with Gasteiger partial charge >= 0.3 is 0 Å². The van der Waals surface area contributed by atoms with Gasteiger partial charge in [-0.05, 0) is 13.8 Å². The molecule has 0 spiro atoms. The van der Waals surface area contributed by atoms with Crippen molar-refractivity contribution in [2.24, 2.45) is 0 Å². The van der Waals surface area contributed by atoms with Crippen LogP contribution in [0.4, 0.5) is 0 Å². The minimum Gasteiger partial charge on any atom is -0.314 e. The first kappa shape index (κ1) is 13.6. The summed E-state index contributed by atoms with van der Waals surface area (Å²) in [5.74, 6) is 0. The third kappa shape index (κ3) is 2.59. The lowest BCUT2D eigenvalue weighted by atomic mass is 10.0. The summed E-state index contributed by atoms with van der Waals surface area (Å²) in [5, 5.41) is 6.60. The average Bonchev–Trinajstić information content (AvgIpc) is 3.00. The second-order valence-electron chi connectivity index (χ2n) is 5.42. The van der Waals surface area contributed by atoms with Crippen LogP contribution in [0.15, 0.2) is 24.0 Å². The Balaban J connectivity index is 1.85. The van der Waals surface area contributed by atoms with Gasteiger partial charge in [0.2, 0.25) is 0 Å². The molecule has 3 heterocycles. The molecule has 6 heteroatoms. The van der Waals surface area contributed by atoms with Crippen LogP contribution < -0.4 is 5.32 Å². The Morgan fingerprint density at radius 2 is 2.00 bits per heavy atom. The van der Waals surface area contributed by atoms with Crippen molar-refractivity contribution in [2.75, 3.05) is 26.2 Å². The molecule has 2 aromatic rings. The highest BCUT2D eigenvalue weighted by Gasteiger charge is 2.32. The fourth-order valence-corrected chi connectivity index (χ4v) is 3.43. The Morgan fingerprint density at radius 3 is 2.70 bits per heavy atom. The molecule has 0 aromatic carbocycles. The van der Waals surface area contributed by atoms with Crippen LogP contribution >= 0.6 is 11.3 Å². The summed E-state index contributed by atoms with van der Waals surface area (Å²) < 4.78 is 0. The highest BCUT2D eigenvalue weighted by Crippen LogP contribution is 2.32. The minimum atomic E-state index is -0.0345. The molecule has 1 saturated heterocycles. The van der Waals surface area contributed by atoms with E-state index in [9.17, 15) is 0 Å². The third-order valence-corrected chi connectivity index (χ3v) is 4.92. The molecule has 0 radical (unpaired) electrons. The van der Waals surface area contributed by atoms with Crippen molar-refractivity contribution in [2.45, 2.75) is 19.4 Å². The zero-order chi connectivity index (χ0) is 14.0. The smallest absolute Gasteiger partial charge is 0.113 e. The lowest BCUT2D eigenvalue weighted by Gasteiger charge is -2.39. The number of aromatic nitrogens is 3. The number of thiazole rings is 1. The molecule has 106 valence electrons. The molecule has 0 amide bonds. The zero-order valence-corrected chi connectivity index (χ0v) is 12.7. The quantitative estimate of drug-likeness (QED) is 0.933. The van der Waals surface area contributed by atoms with E-state index >= 15 is 0 Å². The molecule has 1 N–H and O–H groups in total. The topological polar surface area (TPSA) is 53.9 Å². The van der Waals surface area contributed by atoms with Gasteiger partial charge in [-0.3, -0.25) is 14.9 Å². The maximum atomic E-state index is 4.78. The van der Waals surface area contributed by atoms with Gasteiger partial charge in [0, 0.05) is 44.0 Å². The van der Waals surface area contributed by atoms with Crippen LogP contribution in [0.5, 0.6) is 0 Å². The summed E-state index contributed by atoms with van der Waals surface area (Å²) in [6, 6.07) is 0. The maximum absolute atomic E-state index is 4.78. The second kappa shape index (κ2) is 5.55. The first-order valence-electron chi connectivity index (χ1n) is 6.86. The van der Waals surface area contributed by atoms with E-state index in [1.807, 2.05) is 0 Å². The molecule has 3 rings (SSSR count). The molecule has 0 saturated carbocycles. The molecule has 1 fully saturated rings. The largest absolute Gasteiger partial charge is 0.314 e. The molecule has 0 aliphatic carbocycles. The van der Waals surface area contributed by atoms with Crippen LogP contribution in [0, 0.1) is 0 Å². The van der Waals surface area contributed by atoms with Gasteiger partial charge in [0.15, 0.2) is 0 Å². The van der Waals surface area contributed by atoms with Crippen molar-refractivity contribution in [1.29, 1.82) is 0 Å². The Kier molecular flexibility index (Phi) is 3.78. The number of rotatable bonds is 3. The molecule has 20 heavy (non-hydrogen) atoms.